The summed E-state index contributed by atoms with van der Waals surface area (Å²) in [5, 5.41) is 2.97. The van der Waals surface area contributed by atoms with Crippen molar-refractivity contribution in [2.24, 2.45) is 17.8 Å². The summed E-state index contributed by atoms with van der Waals surface area (Å²) in [4.78, 5) is 26.9. The smallest absolute Gasteiger partial charge is 0.226 e. The molecule has 1 aromatic rings. The van der Waals surface area contributed by atoms with Crippen molar-refractivity contribution in [1.29, 1.82) is 0 Å². The van der Waals surface area contributed by atoms with Crippen LogP contribution in [-0.2, 0) is 14.3 Å². The van der Waals surface area contributed by atoms with Crippen LogP contribution in [0.3, 0.4) is 0 Å². The van der Waals surface area contributed by atoms with Gasteiger partial charge in [0.1, 0.15) is 0 Å². The Hall–Kier alpha value is -1.88. The molecular weight excluding hydrogens is 352 g/mol. The second-order valence-electron chi connectivity index (χ2n) is 8.98. The van der Waals surface area contributed by atoms with Crippen LogP contribution in [0.4, 0.5) is 5.69 Å². The topological polar surface area (TPSA) is 58.6 Å². The van der Waals surface area contributed by atoms with Gasteiger partial charge in [0.25, 0.3) is 0 Å². The third-order valence-electron chi connectivity index (χ3n) is 6.59. The SMILES string of the molecule is CC(C)C(=O)Nc1cccc([C@@H]2C[C@H]3CN(C(=O)C4CCCC4)CC[C@@H]3O2)c1. The van der Waals surface area contributed by atoms with E-state index in [4.69, 9.17) is 4.74 Å². The van der Waals surface area contributed by atoms with Crippen LogP contribution in [0, 0.1) is 17.8 Å². The summed E-state index contributed by atoms with van der Waals surface area (Å²) < 4.78 is 6.36. The monoisotopic (exact) mass is 384 g/mol. The number of hydrogen-bond donors (Lipinski definition) is 1. The van der Waals surface area contributed by atoms with Crippen LogP contribution in [0.5, 0.6) is 0 Å². The van der Waals surface area contributed by atoms with Gasteiger partial charge in [-0.15, -0.1) is 0 Å². The molecule has 2 amide bonds. The highest BCUT2D eigenvalue weighted by Gasteiger charge is 2.41. The number of carbonyl (C=O) groups is 2. The Morgan fingerprint density at radius 2 is 1.96 bits per heavy atom. The predicted molar refractivity (Wildman–Crippen MR) is 109 cm³/mol. The molecule has 2 aliphatic heterocycles. The Bertz CT molecular complexity index is 726. The van der Waals surface area contributed by atoms with E-state index < -0.39 is 0 Å². The van der Waals surface area contributed by atoms with Crippen molar-refractivity contribution in [3.63, 3.8) is 0 Å². The first-order chi connectivity index (χ1) is 13.5. The summed E-state index contributed by atoms with van der Waals surface area (Å²) in [6.07, 6.45) is 6.70. The summed E-state index contributed by atoms with van der Waals surface area (Å²) in [5.74, 6) is 1.03. The van der Waals surface area contributed by atoms with E-state index in [0.29, 0.717) is 11.8 Å². The summed E-state index contributed by atoms with van der Waals surface area (Å²) in [7, 11) is 0. The molecule has 2 heterocycles. The molecule has 1 aliphatic carbocycles. The van der Waals surface area contributed by atoms with Gasteiger partial charge in [0.2, 0.25) is 11.8 Å². The third kappa shape index (κ3) is 4.09. The number of rotatable bonds is 4. The number of benzene rings is 1. The zero-order valence-corrected chi connectivity index (χ0v) is 17.0. The second kappa shape index (κ2) is 8.24. The first-order valence-electron chi connectivity index (χ1n) is 10.9. The summed E-state index contributed by atoms with van der Waals surface area (Å²) >= 11 is 0. The highest BCUT2D eigenvalue weighted by atomic mass is 16.5. The minimum atomic E-state index is -0.0438. The number of nitrogens with zero attached hydrogens (tertiary/aromatic N) is 1. The third-order valence-corrected chi connectivity index (χ3v) is 6.59. The fraction of sp³-hybridized carbons (Fsp3) is 0.652. The van der Waals surface area contributed by atoms with Gasteiger partial charge in [0.15, 0.2) is 0 Å². The van der Waals surface area contributed by atoms with Crippen molar-refractivity contribution < 1.29 is 14.3 Å². The predicted octanol–water partition coefficient (Wildman–Crippen LogP) is 4.15. The van der Waals surface area contributed by atoms with Crippen LogP contribution in [0.2, 0.25) is 0 Å². The molecule has 5 heteroatoms. The van der Waals surface area contributed by atoms with Gasteiger partial charge in [-0.1, -0.05) is 38.8 Å². The Morgan fingerprint density at radius 1 is 1.18 bits per heavy atom. The zero-order chi connectivity index (χ0) is 19.7. The number of carbonyl (C=O) groups excluding carboxylic acids is 2. The Balaban J connectivity index is 1.39. The van der Waals surface area contributed by atoms with Crippen molar-refractivity contribution in [1.82, 2.24) is 4.90 Å². The Morgan fingerprint density at radius 3 is 2.71 bits per heavy atom. The average molecular weight is 385 g/mol. The molecule has 1 N–H and O–H groups in total. The molecule has 0 radical (unpaired) electrons. The molecule has 0 spiro atoms. The minimum Gasteiger partial charge on any atom is -0.370 e. The van der Waals surface area contributed by atoms with Crippen molar-refractivity contribution in [3.05, 3.63) is 29.8 Å². The van der Waals surface area contributed by atoms with Gasteiger partial charge in [-0.05, 0) is 43.4 Å². The summed E-state index contributed by atoms with van der Waals surface area (Å²) in [5.41, 5.74) is 1.94. The van der Waals surface area contributed by atoms with E-state index in [2.05, 4.69) is 16.3 Å². The lowest BCUT2D eigenvalue weighted by atomic mass is 9.90. The largest absolute Gasteiger partial charge is 0.370 e. The van der Waals surface area contributed by atoms with Crippen LogP contribution in [0.25, 0.3) is 0 Å². The lowest BCUT2D eigenvalue weighted by molar-refractivity contribution is -0.138. The van der Waals surface area contributed by atoms with E-state index in [0.717, 1.165) is 50.0 Å². The molecule has 2 saturated heterocycles. The maximum atomic E-state index is 12.8. The molecular formula is C23H32N2O3. The fourth-order valence-corrected chi connectivity index (χ4v) is 4.91. The highest BCUT2D eigenvalue weighted by Crippen LogP contribution is 2.42. The van der Waals surface area contributed by atoms with Gasteiger partial charge >= 0.3 is 0 Å². The van der Waals surface area contributed by atoms with Gasteiger partial charge in [-0.2, -0.15) is 0 Å². The van der Waals surface area contributed by atoms with Gasteiger partial charge in [-0.3, -0.25) is 9.59 Å². The zero-order valence-electron chi connectivity index (χ0n) is 17.0. The van der Waals surface area contributed by atoms with Crippen LogP contribution in [-0.4, -0.2) is 35.9 Å². The number of nitrogens with one attached hydrogen (secondary N) is 1. The number of amides is 2. The molecule has 0 aromatic heterocycles. The molecule has 0 unspecified atom stereocenters. The van der Waals surface area contributed by atoms with Crippen molar-refractivity contribution >= 4 is 17.5 Å². The first-order valence-corrected chi connectivity index (χ1v) is 10.9. The lowest BCUT2D eigenvalue weighted by Gasteiger charge is -2.35. The van der Waals surface area contributed by atoms with Gasteiger partial charge in [-0.25, -0.2) is 0 Å². The molecule has 152 valence electrons. The van der Waals surface area contributed by atoms with Crippen LogP contribution >= 0.6 is 0 Å². The van der Waals surface area contributed by atoms with E-state index >= 15 is 0 Å². The molecule has 5 nitrogen and oxygen atoms in total. The Kier molecular flexibility index (Phi) is 5.72. The number of ether oxygens (including phenoxy) is 1. The maximum absolute atomic E-state index is 12.8. The quantitative estimate of drug-likeness (QED) is 0.848. The van der Waals surface area contributed by atoms with E-state index in [1.807, 2.05) is 32.0 Å². The molecule has 28 heavy (non-hydrogen) atoms. The van der Waals surface area contributed by atoms with Crippen LogP contribution in [0.15, 0.2) is 24.3 Å². The van der Waals surface area contributed by atoms with E-state index in [1.165, 1.54) is 12.8 Å². The number of fused-ring (bicyclic) bond motifs is 1. The summed E-state index contributed by atoms with van der Waals surface area (Å²) in [6.45, 7) is 5.44. The van der Waals surface area contributed by atoms with Crippen molar-refractivity contribution in [2.75, 3.05) is 18.4 Å². The minimum absolute atomic E-state index is 0.0271. The van der Waals surface area contributed by atoms with Gasteiger partial charge < -0.3 is 15.0 Å². The van der Waals surface area contributed by atoms with Crippen LogP contribution < -0.4 is 5.32 Å². The van der Waals surface area contributed by atoms with Gasteiger partial charge in [0.05, 0.1) is 12.2 Å². The molecule has 1 aromatic carbocycles. The first kappa shape index (κ1) is 19.4. The van der Waals surface area contributed by atoms with Gasteiger partial charge in [0, 0.05) is 36.5 Å². The number of likely N-dealkylation sites (tertiary alicyclic amines) is 1. The molecule has 3 fully saturated rings. The molecule has 3 aliphatic rings. The standard InChI is InChI=1S/C23H32N2O3/c1-15(2)22(26)24-19-9-5-8-17(12-19)21-13-18-14-25(11-10-20(18)28-21)23(27)16-6-3-4-7-16/h5,8-9,12,15-16,18,20-21H,3-4,6-7,10-11,13-14H2,1-2H3,(H,24,26)/t18-,20-,21-/m0/s1. The molecule has 0 bridgehead atoms. The van der Waals surface area contributed by atoms with Crippen molar-refractivity contribution in [2.45, 2.75) is 64.6 Å². The molecule has 4 rings (SSSR count). The van der Waals surface area contributed by atoms with Crippen molar-refractivity contribution in [3.8, 4) is 0 Å². The van der Waals surface area contributed by atoms with E-state index in [9.17, 15) is 9.59 Å². The number of piperidine rings is 1. The summed E-state index contributed by atoms with van der Waals surface area (Å²) in [6, 6.07) is 8.01. The molecule has 1 saturated carbocycles. The second-order valence-corrected chi connectivity index (χ2v) is 8.98. The maximum Gasteiger partial charge on any atom is 0.226 e. The average Bonchev–Trinajstić information content (AvgIpc) is 3.36. The normalized spacial score (nSPS) is 27.8. The van der Waals surface area contributed by atoms with E-state index in [-0.39, 0.29) is 30.0 Å². The Labute approximate surface area is 167 Å². The highest BCUT2D eigenvalue weighted by molar-refractivity contribution is 5.92. The number of anilines is 1. The number of hydrogen-bond acceptors (Lipinski definition) is 3. The fourth-order valence-electron chi connectivity index (χ4n) is 4.91. The van der Waals surface area contributed by atoms with E-state index in [1.54, 1.807) is 0 Å². The molecule has 3 atom stereocenters. The lowest BCUT2D eigenvalue weighted by Crippen LogP contribution is -2.46. The van der Waals surface area contributed by atoms with Crippen LogP contribution in [0.1, 0.15) is 64.0 Å².